The molecule has 258 valence electrons. The maximum atomic E-state index is 6.47. The molecule has 0 atom stereocenters. The van der Waals surface area contributed by atoms with E-state index < -0.39 is 0 Å². The van der Waals surface area contributed by atoms with Gasteiger partial charge in [-0.3, -0.25) is 4.57 Å². The molecule has 0 aliphatic heterocycles. The monoisotopic (exact) mass is 706 g/mol. The van der Waals surface area contributed by atoms with E-state index in [2.05, 4.69) is 153 Å². The van der Waals surface area contributed by atoms with Crippen LogP contribution in [-0.2, 0) is 0 Å². The van der Waals surface area contributed by atoms with Crippen molar-refractivity contribution in [2.45, 2.75) is 0 Å². The average Bonchev–Trinajstić information content (AvgIpc) is 3.97. The molecule has 0 N–H and O–H groups in total. The molecule has 7 nitrogen and oxygen atoms in total. The molecule has 4 heterocycles. The first-order valence-corrected chi connectivity index (χ1v) is 18.2. The highest BCUT2D eigenvalue weighted by molar-refractivity contribution is 6.11. The molecule has 0 spiro atoms. The molecular weight excluding hydrogens is 677 g/mol. The summed E-state index contributed by atoms with van der Waals surface area (Å²) in [6.07, 6.45) is 0. The van der Waals surface area contributed by atoms with Crippen LogP contribution in [0.4, 0.5) is 0 Å². The molecule has 7 aromatic carbocycles. The molecule has 0 saturated carbocycles. The lowest BCUT2D eigenvalue weighted by molar-refractivity contribution is 0.584. The minimum atomic E-state index is 0.432. The smallest absolute Gasteiger partial charge is 0.248 e. The Bertz CT molecular complexity index is 3140. The van der Waals surface area contributed by atoms with Gasteiger partial charge < -0.3 is 8.98 Å². The number of para-hydroxylation sites is 3. The Labute approximate surface area is 315 Å². The Morgan fingerprint density at radius 3 is 1.33 bits per heavy atom. The number of hydrogen-bond acceptors (Lipinski definition) is 5. The second-order valence-electron chi connectivity index (χ2n) is 13.6. The molecule has 7 heteroatoms. The van der Waals surface area contributed by atoms with Gasteiger partial charge in [-0.15, -0.1) is 10.2 Å². The summed E-state index contributed by atoms with van der Waals surface area (Å²) in [7, 11) is 0. The van der Waals surface area contributed by atoms with Gasteiger partial charge in [-0.05, 0) is 54.6 Å². The fourth-order valence-electron chi connectivity index (χ4n) is 7.78. The van der Waals surface area contributed by atoms with Crippen LogP contribution in [0.1, 0.15) is 0 Å². The second kappa shape index (κ2) is 12.5. The van der Waals surface area contributed by atoms with E-state index in [4.69, 9.17) is 14.4 Å². The number of aromatic nitrogens is 6. The van der Waals surface area contributed by atoms with Crippen LogP contribution in [0.25, 0.3) is 101 Å². The van der Waals surface area contributed by atoms with Crippen LogP contribution in [0.15, 0.2) is 186 Å². The molecule has 0 amide bonds. The first kappa shape index (κ1) is 30.9. The van der Waals surface area contributed by atoms with Gasteiger partial charge in [0.2, 0.25) is 17.7 Å². The van der Waals surface area contributed by atoms with Gasteiger partial charge in [-0.1, -0.05) is 127 Å². The van der Waals surface area contributed by atoms with Crippen molar-refractivity contribution in [3.8, 4) is 57.1 Å². The highest BCUT2D eigenvalue weighted by Gasteiger charge is 2.20. The third-order valence-corrected chi connectivity index (χ3v) is 10.3. The fourth-order valence-corrected chi connectivity index (χ4v) is 7.78. The molecule has 0 aliphatic carbocycles. The highest BCUT2D eigenvalue weighted by Crippen LogP contribution is 2.38. The van der Waals surface area contributed by atoms with Gasteiger partial charge in [0.1, 0.15) is 0 Å². The number of hydrogen-bond donors (Lipinski definition) is 0. The zero-order valence-electron chi connectivity index (χ0n) is 29.4. The molecule has 0 bridgehead atoms. The van der Waals surface area contributed by atoms with Crippen molar-refractivity contribution in [3.05, 3.63) is 182 Å². The summed E-state index contributed by atoms with van der Waals surface area (Å²) in [5.41, 5.74) is 10.6. The van der Waals surface area contributed by atoms with Crippen molar-refractivity contribution in [1.29, 1.82) is 0 Å². The summed E-state index contributed by atoms with van der Waals surface area (Å²) in [6, 6.07) is 62.5. The van der Waals surface area contributed by atoms with Gasteiger partial charge in [-0.25, -0.2) is 9.97 Å². The first-order valence-electron chi connectivity index (χ1n) is 18.2. The van der Waals surface area contributed by atoms with Gasteiger partial charge in [-0.2, -0.15) is 0 Å². The summed E-state index contributed by atoms with van der Waals surface area (Å²) in [5, 5.41) is 13.7. The van der Waals surface area contributed by atoms with E-state index in [1.807, 2.05) is 48.5 Å². The lowest BCUT2D eigenvalue weighted by atomic mass is 10.1. The molecule has 0 aliphatic rings. The molecular formula is C48H30N6O. The molecule has 0 saturated heterocycles. The predicted octanol–water partition coefficient (Wildman–Crippen LogP) is 11.7. The Morgan fingerprint density at radius 1 is 0.345 bits per heavy atom. The Morgan fingerprint density at radius 2 is 0.782 bits per heavy atom. The quantitative estimate of drug-likeness (QED) is 0.172. The van der Waals surface area contributed by atoms with Crippen LogP contribution in [0.2, 0.25) is 0 Å². The van der Waals surface area contributed by atoms with Crippen molar-refractivity contribution in [3.63, 3.8) is 0 Å². The van der Waals surface area contributed by atoms with Crippen molar-refractivity contribution < 1.29 is 4.42 Å². The van der Waals surface area contributed by atoms with Crippen LogP contribution in [-0.4, -0.2) is 29.3 Å². The number of rotatable bonds is 6. The van der Waals surface area contributed by atoms with Crippen molar-refractivity contribution in [2.75, 3.05) is 0 Å². The third kappa shape index (κ3) is 5.13. The molecule has 0 radical (unpaired) electrons. The predicted molar refractivity (Wildman–Crippen MR) is 220 cm³/mol. The van der Waals surface area contributed by atoms with Gasteiger partial charge in [0.25, 0.3) is 0 Å². The number of benzene rings is 7. The summed E-state index contributed by atoms with van der Waals surface area (Å²) >= 11 is 0. The molecule has 4 aromatic heterocycles. The molecule has 0 fully saturated rings. The van der Waals surface area contributed by atoms with Crippen LogP contribution >= 0.6 is 0 Å². The zero-order valence-corrected chi connectivity index (χ0v) is 29.4. The minimum Gasteiger partial charge on any atom is -0.416 e. The minimum absolute atomic E-state index is 0.432. The Balaban J connectivity index is 1.06. The second-order valence-corrected chi connectivity index (χ2v) is 13.6. The third-order valence-electron chi connectivity index (χ3n) is 10.3. The lowest BCUT2D eigenvalue weighted by Crippen LogP contribution is -2.04. The SMILES string of the molecule is c1ccc(-c2cc(-c3ccccc3)nc(-n3c4ccccc4c4ccc(-c5nnc(-c6ccc7c8ccccc8n(-c8ccccc8)c7c6)o5)cc43)n2)cc1. The normalized spacial score (nSPS) is 11.6. The van der Waals surface area contributed by atoms with E-state index >= 15 is 0 Å². The summed E-state index contributed by atoms with van der Waals surface area (Å²) in [6.45, 7) is 0. The van der Waals surface area contributed by atoms with E-state index in [0.29, 0.717) is 17.7 Å². The zero-order chi connectivity index (χ0) is 36.3. The molecule has 11 aromatic rings. The summed E-state index contributed by atoms with van der Waals surface area (Å²) < 4.78 is 10.9. The lowest BCUT2D eigenvalue weighted by Gasteiger charge is -2.12. The number of nitrogens with zero attached hydrogens (tertiary/aromatic N) is 6. The van der Waals surface area contributed by atoms with Crippen LogP contribution in [0.3, 0.4) is 0 Å². The van der Waals surface area contributed by atoms with Crippen LogP contribution in [0.5, 0.6) is 0 Å². The van der Waals surface area contributed by atoms with Crippen LogP contribution in [0, 0.1) is 0 Å². The first-order chi connectivity index (χ1) is 27.3. The average molecular weight is 707 g/mol. The largest absolute Gasteiger partial charge is 0.416 e. The van der Waals surface area contributed by atoms with Crippen LogP contribution < -0.4 is 0 Å². The van der Waals surface area contributed by atoms with Gasteiger partial charge in [0.15, 0.2) is 0 Å². The maximum absolute atomic E-state index is 6.47. The Hall–Kier alpha value is -7.64. The van der Waals surface area contributed by atoms with E-state index in [0.717, 1.165) is 77.6 Å². The van der Waals surface area contributed by atoms with Gasteiger partial charge >= 0.3 is 0 Å². The molecule has 11 rings (SSSR count). The fraction of sp³-hybridized carbons (Fsp3) is 0. The standard InChI is InChI=1S/C48H30N6O/c1-4-14-31(15-5-1)40-30-41(32-16-6-2-7-17-32)50-48(49-40)54-43-23-13-11-21-37(43)39-27-25-34(29-45(39)54)47-52-51-46(55-47)33-24-26-38-36-20-10-12-22-42(36)53(44(38)28-33)35-18-8-3-9-19-35/h1-30H. The van der Waals surface area contributed by atoms with Crippen molar-refractivity contribution >= 4 is 43.6 Å². The summed E-state index contributed by atoms with van der Waals surface area (Å²) in [4.78, 5) is 10.4. The van der Waals surface area contributed by atoms with E-state index in [-0.39, 0.29) is 0 Å². The number of fused-ring (bicyclic) bond motifs is 6. The van der Waals surface area contributed by atoms with E-state index in [1.54, 1.807) is 0 Å². The molecule has 55 heavy (non-hydrogen) atoms. The van der Waals surface area contributed by atoms with E-state index in [1.165, 1.54) is 5.39 Å². The van der Waals surface area contributed by atoms with Gasteiger partial charge in [0, 0.05) is 49.5 Å². The highest BCUT2D eigenvalue weighted by atomic mass is 16.4. The van der Waals surface area contributed by atoms with Crippen molar-refractivity contribution in [2.24, 2.45) is 0 Å². The summed E-state index contributed by atoms with van der Waals surface area (Å²) in [5.74, 6) is 1.46. The maximum Gasteiger partial charge on any atom is 0.248 e. The van der Waals surface area contributed by atoms with Gasteiger partial charge in [0.05, 0.1) is 33.5 Å². The topological polar surface area (TPSA) is 74.6 Å². The molecule has 0 unspecified atom stereocenters. The Kier molecular flexibility index (Phi) is 7.03. The van der Waals surface area contributed by atoms with E-state index in [9.17, 15) is 0 Å². The van der Waals surface area contributed by atoms with Crippen molar-refractivity contribution in [1.82, 2.24) is 29.3 Å².